The number of fused-ring (bicyclic) bond motifs is 3. The zero-order valence-corrected chi connectivity index (χ0v) is 13.6. The number of halogens is 1. The lowest BCUT2D eigenvalue weighted by atomic mass is 9.96. The zero-order chi connectivity index (χ0) is 12.5. The van der Waals surface area contributed by atoms with E-state index in [2.05, 4.69) is 60.6 Å². The highest BCUT2D eigenvalue weighted by Crippen LogP contribution is 2.30. The van der Waals surface area contributed by atoms with Crippen molar-refractivity contribution in [1.29, 1.82) is 0 Å². The van der Waals surface area contributed by atoms with E-state index < -0.39 is 0 Å². The molecule has 19 heavy (non-hydrogen) atoms. The van der Waals surface area contributed by atoms with Gasteiger partial charge in [-0.1, -0.05) is 30.3 Å². The number of amidine groups is 1. The minimum Gasteiger partial charge on any atom is -0.344 e. The van der Waals surface area contributed by atoms with Crippen molar-refractivity contribution in [3.05, 3.63) is 42.0 Å². The van der Waals surface area contributed by atoms with E-state index >= 15 is 0 Å². The molecule has 2 aromatic carbocycles. The van der Waals surface area contributed by atoms with Gasteiger partial charge in [0, 0.05) is 18.2 Å². The van der Waals surface area contributed by atoms with Crippen molar-refractivity contribution in [3.63, 3.8) is 0 Å². The number of benzene rings is 2. The lowest BCUT2D eigenvalue weighted by Crippen LogP contribution is -2.21. The first kappa shape index (κ1) is 14.3. The smallest absolute Gasteiger partial charge is 0.101 e. The maximum atomic E-state index is 4.62. The van der Waals surface area contributed by atoms with Crippen LogP contribution in [-0.2, 0) is 6.42 Å². The van der Waals surface area contributed by atoms with Crippen LogP contribution in [0.5, 0.6) is 0 Å². The predicted octanol–water partition coefficient (Wildman–Crippen LogP) is 4.62. The molecule has 0 amide bonds. The molecular weight excluding hydrogens is 347 g/mol. The van der Waals surface area contributed by atoms with Crippen LogP contribution in [0.15, 0.2) is 41.4 Å². The molecule has 0 saturated heterocycles. The van der Waals surface area contributed by atoms with Crippen LogP contribution in [0.3, 0.4) is 0 Å². The van der Waals surface area contributed by atoms with E-state index in [-0.39, 0.29) is 24.0 Å². The number of rotatable bonds is 1. The van der Waals surface area contributed by atoms with E-state index in [1.54, 1.807) is 0 Å². The maximum Gasteiger partial charge on any atom is 0.101 e. The Bertz CT molecular complexity index is 617. The summed E-state index contributed by atoms with van der Waals surface area (Å²) in [6, 6.07) is 13.3. The largest absolute Gasteiger partial charge is 0.344 e. The van der Waals surface area contributed by atoms with Crippen LogP contribution in [0, 0.1) is 0 Å². The van der Waals surface area contributed by atoms with E-state index in [1.807, 2.05) is 0 Å². The fourth-order valence-corrected chi connectivity index (χ4v) is 2.59. The summed E-state index contributed by atoms with van der Waals surface area (Å²) in [5.74, 6) is 1.12. The second-order valence-electron chi connectivity index (χ2n) is 5.11. The lowest BCUT2D eigenvalue weighted by Gasteiger charge is -2.22. The molecule has 0 spiro atoms. The van der Waals surface area contributed by atoms with Crippen molar-refractivity contribution in [2.75, 3.05) is 5.32 Å². The average Bonchev–Trinajstić information content (AvgIpc) is 2.37. The number of nitrogens with one attached hydrogen (secondary N) is 1. The standard InChI is InChI=1S/C16H18N2.HI/c1-11(2)17-16-10-8-14-13-6-4-3-5-12(13)7-9-15(14)18-16;/h3-7,9,11H,8,10H2,1-2H3,(H,17,18);1H. The van der Waals surface area contributed by atoms with Gasteiger partial charge in [-0.2, -0.15) is 0 Å². The molecule has 0 bridgehead atoms. The molecule has 0 atom stereocenters. The Morgan fingerprint density at radius 3 is 2.63 bits per heavy atom. The summed E-state index contributed by atoms with van der Waals surface area (Å²) in [4.78, 5) is 4.62. The van der Waals surface area contributed by atoms with Gasteiger partial charge in [-0.05, 0) is 42.7 Å². The maximum absolute atomic E-state index is 4.62. The quantitative estimate of drug-likeness (QED) is 0.732. The summed E-state index contributed by atoms with van der Waals surface area (Å²) in [7, 11) is 0. The van der Waals surface area contributed by atoms with Gasteiger partial charge in [0.1, 0.15) is 5.84 Å². The highest BCUT2D eigenvalue weighted by molar-refractivity contribution is 14.0. The molecule has 1 heterocycles. The molecule has 0 aromatic heterocycles. The van der Waals surface area contributed by atoms with Crippen LogP contribution in [-0.4, -0.2) is 11.9 Å². The summed E-state index contributed by atoms with van der Waals surface area (Å²) in [5.41, 5.74) is 2.65. The molecule has 2 nitrogen and oxygen atoms in total. The molecular formula is C16H19IN2. The minimum absolute atomic E-state index is 0. The van der Waals surface area contributed by atoms with Gasteiger partial charge in [0.15, 0.2) is 0 Å². The first-order valence-corrected chi connectivity index (χ1v) is 6.58. The van der Waals surface area contributed by atoms with Gasteiger partial charge in [-0.15, -0.1) is 24.0 Å². The molecule has 2 aromatic rings. The average molecular weight is 366 g/mol. The molecule has 100 valence electrons. The van der Waals surface area contributed by atoms with Crippen LogP contribution in [0.4, 0.5) is 5.69 Å². The summed E-state index contributed by atoms with van der Waals surface area (Å²) < 4.78 is 0. The molecule has 0 radical (unpaired) electrons. The van der Waals surface area contributed by atoms with Crippen molar-refractivity contribution in [1.82, 2.24) is 0 Å². The van der Waals surface area contributed by atoms with Crippen molar-refractivity contribution < 1.29 is 0 Å². The van der Waals surface area contributed by atoms with E-state index in [0.717, 1.165) is 18.7 Å². The first-order valence-electron chi connectivity index (χ1n) is 6.58. The molecule has 1 N–H and O–H groups in total. The lowest BCUT2D eigenvalue weighted by molar-refractivity contribution is 0.823. The van der Waals surface area contributed by atoms with Crippen molar-refractivity contribution >= 4 is 46.3 Å². The molecule has 0 unspecified atom stereocenters. The molecule has 1 aliphatic heterocycles. The third-order valence-corrected chi connectivity index (χ3v) is 3.35. The van der Waals surface area contributed by atoms with Gasteiger partial charge in [-0.3, -0.25) is 4.99 Å². The number of anilines is 1. The van der Waals surface area contributed by atoms with Crippen molar-refractivity contribution in [2.24, 2.45) is 4.99 Å². The summed E-state index contributed by atoms with van der Waals surface area (Å²) >= 11 is 0. The Morgan fingerprint density at radius 2 is 1.84 bits per heavy atom. The SMILES string of the molecule is CC(C)N=C1CCc2c(ccc3ccccc23)N1.I. The van der Waals surface area contributed by atoms with Gasteiger partial charge in [0.25, 0.3) is 0 Å². The van der Waals surface area contributed by atoms with Gasteiger partial charge in [0.05, 0.1) is 0 Å². The molecule has 3 heteroatoms. The van der Waals surface area contributed by atoms with E-state index in [4.69, 9.17) is 0 Å². The van der Waals surface area contributed by atoms with Gasteiger partial charge in [0.2, 0.25) is 0 Å². The summed E-state index contributed by atoms with van der Waals surface area (Å²) in [5, 5.41) is 6.16. The Hall–Kier alpha value is -1.10. The highest BCUT2D eigenvalue weighted by Gasteiger charge is 2.15. The zero-order valence-electron chi connectivity index (χ0n) is 11.3. The second-order valence-corrected chi connectivity index (χ2v) is 5.11. The summed E-state index contributed by atoms with van der Waals surface area (Å²) in [6.45, 7) is 4.23. The summed E-state index contributed by atoms with van der Waals surface area (Å²) in [6.07, 6.45) is 2.09. The third-order valence-electron chi connectivity index (χ3n) is 3.35. The molecule has 0 aliphatic carbocycles. The van der Waals surface area contributed by atoms with Gasteiger partial charge in [-0.25, -0.2) is 0 Å². The topological polar surface area (TPSA) is 24.4 Å². The molecule has 0 saturated carbocycles. The Labute approximate surface area is 131 Å². The Balaban J connectivity index is 0.00000133. The highest BCUT2D eigenvalue weighted by atomic mass is 127. The molecule has 1 aliphatic rings. The number of hydrogen-bond donors (Lipinski definition) is 1. The number of hydrogen-bond acceptors (Lipinski definition) is 1. The number of aliphatic imine (C=N–C) groups is 1. The molecule has 3 rings (SSSR count). The molecule has 0 fully saturated rings. The number of aryl methyl sites for hydroxylation is 1. The monoisotopic (exact) mass is 366 g/mol. The Kier molecular flexibility index (Phi) is 4.45. The minimum atomic E-state index is 0. The van der Waals surface area contributed by atoms with Crippen LogP contribution < -0.4 is 5.32 Å². The van der Waals surface area contributed by atoms with E-state index in [1.165, 1.54) is 22.0 Å². The van der Waals surface area contributed by atoms with Crippen LogP contribution in [0.25, 0.3) is 10.8 Å². The van der Waals surface area contributed by atoms with E-state index in [0.29, 0.717) is 6.04 Å². The van der Waals surface area contributed by atoms with Crippen LogP contribution >= 0.6 is 24.0 Å². The second kappa shape index (κ2) is 5.90. The van der Waals surface area contributed by atoms with Gasteiger partial charge < -0.3 is 5.32 Å². The first-order chi connectivity index (χ1) is 8.74. The van der Waals surface area contributed by atoms with Crippen LogP contribution in [0.1, 0.15) is 25.8 Å². The Morgan fingerprint density at radius 1 is 1.05 bits per heavy atom. The normalized spacial score (nSPS) is 16.1. The van der Waals surface area contributed by atoms with Crippen molar-refractivity contribution in [2.45, 2.75) is 32.7 Å². The third kappa shape index (κ3) is 2.91. The van der Waals surface area contributed by atoms with Gasteiger partial charge >= 0.3 is 0 Å². The fourth-order valence-electron chi connectivity index (χ4n) is 2.59. The van der Waals surface area contributed by atoms with Crippen molar-refractivity contribution in [3.8, 4) is 0 Å². The number of nitrogens with zero attached hydrogens (tertiary/aromatic N) is 1. The predicted molar refractivity (Wildman–Crippen MR) is 93.9 cm³/mol. The fraction of sp³-hybridized carbons (Fsp3) is 0.312. The van der Waals surface area contributed by atoms with E-state index in [9.17, 15) is 0 Å². The van der Waals surface area contributed by atoms with Crippen LogP contribution in [0.2, 0.25) is 0 Å².